The smallest absolute Gasteiger partial charge is 0.262 e. The molecule has 0 atom stereocenters. The summed E-state index contributed by atoms with van der Waals surface area (Å²) in [6.45, 7) is 0. The van der Waals surface area contributed by atoms with Gasteiger partial charge in [-0.25, -0.2) is 4.98 Å². The number of nitrogens with one attached hydrogen (secondary N) is 1. The fourth-order valence-corrected chi connectivity index (χ4v) is 6.29. The van der Waals surface area contributed by atoms with Gasteiger partial charge in [0.15, 0.2) is 5.16 Å². The highest BCUT2D eigenvalue weighted by atomic mass is 32.2. The zero-order chi connectivity index (χ0) is 19.3. The molecule has 1 N–H and O–H groups in total. The van der Waals surface area contributed by atoms with Crippen molar-refractivity contribution in [3.05, 3.63) is 50.1 Å². The van der Waals surface area contributed by atoms with Crippen LogP contribution in [0.1, 0.15) is 34.4 Å². The second-order valence-corrected chi connectivity index (χ2v) is 9.50. The van der Waals surface area contributed by atoms with Crippen LogP contribution in [-0.4, -0.2) is 21.2 Å². The van der Waals surface area contributed by atoms with Crippen molar-refractivity contribution in [1.82, 2.24) is 9.55 Å². The average Bonchev–Trinajstić information content (AvgIpc) is 3.38. The first-order valence-corrected chi connectivity index (χ1v) is 11.5. The summed E-state index contributed by atoms with van der Waals surface area (Å²) in [5.74, 6) is 0.152. The van der Waals surface area contributed by atoms with E-state index in [1.807, 2.05) is 6.07 Å². The minimum atomic E-state index is -0.0778. The van der Waals surface area contributed by atoms with Gasteiger partial charge in [0.25, 0.3) is 5.56 Å². The fraction of sp³-hybridized carbons (Fsp3) is 0.381. The topological polar surface area (TPSA) is 64.0 Å². The van der Waals surface area contributed by atoms with Crippen LogP contribution in [0.4, 0.5) is 5.69 Å². The summed E-state index contributed by atoms with van der Waals surface area (Å²) in [5, 5.41) is 4.36. The maximum atomic E-state index is 12.8. The first kappa shape index (κ1) is 17.9. The summed E-state index contributed by atoms with van der Waals surface area (Å²) in [5.41, 5.74) is 4.77. The molecule has 0 aliphatic heterocycles. The molecule has 0 unspecified atom stereocenters. The van der Waals surface area contributed by atoms with E-state index in [1.54, 1.807) is 23.0 Å². The molecule has 7 heteroatoms. The Hall–Kier alpha value is -2.12. The number of thiophene rings is 1. The molecule has 0 saturated carbocycles. The van der Waals surface area contributed by atoms with Crippen LogP contribution in [0.15, 0.2) is 28.2 Å². The van der Waals surface area contributed by atoms with Crippen LogP contribution < -0.4 is 10.9 Å². The van der Waals surface area contributed by atoms with Gasteiger partial charge in [-0.05, 0) is 67.3 Å². The van der Waals surface area contributed by atoms with Gasteiger partial charge < -0.3 is 5.32 Å². The lowest BCUT2D eigenvalue weighted by Crippen LogP contribution is -2.21. The van der Waals surface area contributed by atoms with Crippen LogP contribution in [0.25, 0.3) is 10.2 Å². The first-order chi connectivity index (χ1) is 13.6. The van der Waals surface area contributed by atoms with E-state index in [4.69, 9.17) is 0 Å². The van der Waals surface area contributed by atoms with Gasteiger partial charge in [-0.3, -0.25) is 14.2 Å². The van der Waals surface area contributed by atoms with E-state index in [9.17, 15) is 9.59 Å². The molecule has 3 aromatic rings. The van der Waals surface area contributed by atoms with E-state index in [0.717, 1.165) is 48.0 Å². The van der Waals surface area contributed by atoms with Gasteiger partial charge in [0.2, 0.25) is 5.91 Å². The number of nitrogens with zero attached hydrogens (tertiary/aromatic N) is 2. The number of carbonyl (C=O) groups is 1. The van der Waals surface area contributed by atoms with E-state index in [-0.39, 0.29) is 17.2 Å². The average molecular weight is 412 g/mol. The second-order valence-electron chi connectivity index (χ2n) is 7.47. The number of rotatable bonds is 4. The third kappa shape index (κ3) is 3.06. The van der Waals surface area contributed by atoms with Gasteiger partial charge in [0.05, 0.1) is 11.1 Å². The van der Waals surface area contributed by atoms with E-state index in [0.29, 0.717) is 5.16 Å². The molecule has 2 aliphatic rings. The summed E-state index contributed by atoms with van der Waals surface area (Å²) >= 11 is 2.95. The van der Waals surface area contributed by atoms with Crippen molar-refractivity contribution in [3.63, 3.8) is 0 Å². The number of fused-ring (bicyclic) bond motifs is 4. The number of aromatic nitrogens is 2. The molecule has 1 aromatic carbocycles. The molecule has 0 saturated heterocycles. The Bertz CT molecular complexity index is 1160. The second kappa shape index (κ2) is 7.04. The Morgan fingerprint density at radius 1 is 1.21 bits per heavy atom. The number of hydrogen-bond donors (Lipinski definition) is 1. The molecule has 2 aliphatic carbocycles. The maximum absolute atomic E-state index is 12.8. The minimum absolute atomic E-state index is 0.00549. The number of aryl methyl sites for hydroxylation is 4. The summed E-state index contributed by atoms with van der Waals surface area (Å²) in [6.07, 6.45) is 6.56. The predicted molar refractivity (Wildman–Crippen MR) is 115 cm³/mol. The maximum Gasteiger partial charge on any atom is 0.262 e. The molecule has 0 radical (unpaired) electrons. The van der Waals surface area contributed by atoms with Gasteiger partial charge in [0.1, 0.15) is 4.83 Å². The lowest BCUT2D eigenvalue weighted by atomic mass is 10.1. The Labute approximate surface area is 171 Å². The molecule has 0 bridgehead atoms. The van der Waals surface area contributed by atoms with Crippen LogP contribution in [0.2, 0.25) is 0 Å². The quantitative estimate of drug-likeness (QED) is 0.525. The van der Waals surface area contributed by atoms with Crippen molar-refractivity contribution >= 4 is 44.9 Å². The zero-order valence-electron chi connectivity index (χ0n) is 15.7. The van der Waals surface area contributed by atoms with Crippen LogP contribution in [0, 0.1) is 0 Å². The summed E-state index contributed by atoms with van der Waals surface area (Å²) in [7, 11) is 1.74. The van der Waals surface area contributed by atoms with Crippen LogP contribution in [-0.2, 0) is 37.5 Å². The monoisotopic (exact) mass is 411 g/mol. The Kier molecular flexibility index (Phi) is 4.51. The lowest BCUT2D eigenvalue weighted by molar-refractivity contribution is -0.113. The Morgan fingerprint density at radius 3 is 2.93 bits per heavy atom. The van der Waals surface area contributed by atoms with Crippen molar-refractivity contribution < 1.29 is 4.79 Å². The molecule has 144 valence electrons. The Balaban J connectivity index is 1.32. The molecule has 0 spiro atoms. The van der Waals surface area contributed by atoms with E-state index in [1.165, 1.54) is 39.8 Å². The number of amides is 1. The van der Waals surface area contributed by atoms with E-state index < -0.39 is 0 Å². The first-order valence-electron chi connectivity index (χ1n) is 9.66. The van der Waals surface area contributed by atoms with Crippen molar-refractivity contribution in [3.8, 4) is 0 Å². The molecule has 2 heterocycles. The van der Waals surface area contributed by atoms with E-state index >= 15 is 0 Å². The number of hydrogen-bond acceptors (Lipinski definition) is 5. The fourth-order valence-electron chi connectivity index (χ4n) is 4.21. The molecule has 0 fully saturated rings. The zero-order valence-corrected chi connectivity index (χ0v) is 17.3. The molecule has 2 aromatic heterocycles. The standard InChI is InChI=1S/C21H21N3O2S2/c1-24-20(26)18-15-6-3-7-16(15)28-19(18)23-21(24)27-11-17(25)22-14-9-8-12-4-2-5-13(12)10-14/h8-10H,2-7,11H2,1H3,(H,22,25). The summed E-state index contributed by atoms with van der Waals surface area (Å²) in [4.78, 5) is 32.1. The van der Waals surface area contributed by atoms with Gasteiger partial charge in [-0.15, -0.1) is 11.3 Å². The van der Waals surface area contributed by atoms with Crippen LogP contribution in [0.5, 0.6) is 0 Å². The van der Waals surface area contributed by atoms with Crippen molar-refractivity contribution in [2.45, 2.75) is 43.7 Å². The highest BCUT2D eigenvalue weighted by Gasteiger charge is 2.22. The highest BCUT2D eigenvalue weighted by Crippen LogP contribution is 2.35. The van der Waals surface area contributed by atoms with Crippen molar-refractivity contribution in [1.29, 1.82) is 0 Å². The highest BCUT2D eigenvalue weighted by molar-refractivity contribution is 7.99. The van der Waals surface area contributed by atoms with Crippen LogP contribution >= 0.6 is 23.1 Å². The normalized spacial score (nSPS) is 15.0. The molecule has 1 amide bonds. The SMILES string of the molecule is Cn1c(SCC(=O)Nc2ccc3c(c2)CCC3)nc2sc3c(c2c1=O)CCC3. The lowest BCUT2D eigenvalue weighted by Gasteiger charge is -2.09. The van der Waals surface area contributed by atoms with Gasteiger partial charge in [-0.1, -0.05) is 17.8 Å². The Morgan fingerprint density at radius 2 is 2.04 bits per heavy atom. The molecular formula is C21H21N3O2S2. The van der Waals surface area contributed by atoms with Gasteiger partial charge in [0, 0.05) is 17.6 Å². The molecular weight excluding hydrogens is 390 g/mol. The molecule has 5 nitrogen and oxygen atoms in total. The van der Waals surface area contributed by atoms with Crippen molar-refractivity contribution in [2.24, 2.45) is 7.05 Å². The minimum Gasteiger partial charge on any atom is -0.325 e. The number of carbonyl (C=O) groups excluding carboxylic acids is 1. The largest absolute Gasteiger partial charge is 0.325 e. The van der Waals surface area contributed by atoms with Crippen LogP contribution in [0.3, 0.4) is 0 Å². The van der Waals surface area contributed by atoms with Gasteiger partial charge in [-0.2, -0.15) is 0 Å². The number of anilines is 1. The van der Waals surface area contributed by atoms with Crippen molar-refractivity contribution in [2.75, 3.05) is 11.1 Å². The summed E-state index contributed by atoms with van der Waals surface area (Å²) < 4.78 is 1.58. The third-order valence-electron chi connectivity index (χ3n) is 5.62. The molecule has 5 rings (SSSR count). The third-order valence-corrected chi connectivity index (χ3v) is 7.84. The summed E-state index contributed by atoms with van der Waals surface area (Å²) in [6, 6.07) is 6.17. The number of thioether (sulfide) groups is 1. The van der Waals surface area contributed by atoms with Gasteiger partial charge >= 0.3 is 0 Å². The number of benzene rings is 1. The van der Waals surface area contributed by atoms with E-state index in [2.05, 4.69) is 22.4 Å². The molecule has 28 heavy (non-hydrogen) atoms. The predicted octanol–water partition coefficient (Wildman–Crippen LogP) is 3.70.